The second kappa shape index (κ2) is 18.1. The van der Waals surface area contributed by atoms with Gasteiger partial charge in [-0.25, -0.2) is 4.79 Å². The molecule has 0 N–H and O–H groups in total. The standard InChI is InChI=1S/C19H36O3/c1-3-5-7-8-9-10-11-12-13-14-15-16-18-22-19(20)21-17-6-4-2/h8-9H,3-7,10-18H2,1-2H3/b9-8-. The Hall–Kier alpha value is -0.990. The average molecular weight is 312 g/mol. The van der Waals surface area contributed by atoms with Gasteiger partial charge in [-0.05, 0) is 32.1 Å². The summed E-state index contributed by atoms with van der Waals surface area (Å²) in [5.41, 5.74) is 0. The highest BCUT2D eigenvalue weighted by molar-refractivity contribution is 5.59. The predicted molar refractivity (Wildman–Crippen MR) is 93.2 cm³/mol. The summed E-state index contributed by atoms with van der Waals surface area (Å²) >= 11 is 0. The molecule has 0 unspecified atom stereocenters. The van der Waals surface area contributed by atoms with Crippen molar-refractivity contribution in [3.05, 3.63) is 12.2 Å². The van der Waals surface area contributed by atoms with Crippen molar-refractivity contribution in [3.8, 4) is 0 Å². The minimum atomic E-state index is -0.511. The minimum Gasteiger partial charge on any atom is -0.434 e. The van der Waals surface area contributed by atoms with E-state index in [1.165, 1.54) is 51.4 Å². The lowest BCUT2D eigenvalue weighted by Crippen LogP contribution is -2.09. The quantitative estimate of drug-likeness (QED) is 0.199. The van der Waals surface area contributed by atoms with E-state index in [2.05, 4.69) is 26.0 Å². The Bertz CT molecular complexity index is 261. The van der Waals surface area contributed by atoms with Gasteiger partial charge < -0.3 is 9.47 Å². The highest BCUT2D eigenvalue weighted by Crippen LogP contribution is 2.08. The van der Waals surface area contributed by atoms with Crippen LogP contribution in [0, 0.1) is 0 Å². The van der Waals surface area contributed by atoms with Crippen LogP contribution in [-0.2, 0) is 9.47 Å². The van der Waals surface area contributed by atoms with E-state index in [0.29, 0.717) is 13.2 Å². The maximum Gasteiger partial charge on any atom is 0.508 e. The van der Waals surface area contributed by atoms with Gasteiger partial charge in [-0.3, -0.25) is 0 Å². The van der Waals surface area contributed by atoms with Crippen LogP contribution in [0.2, 0.25) is 0 Å². The van der Waals surface area contributed by atoms with Crippen molar-refractivity contribution in [2.45, 2.75) is 90.9 Å². The molecule has 0 saturated heterocycles. The topological polar surface area (TPSA) is 35.5 Å². The van der Waals surface area contributed by atoms with E-state index < -0.39 is 6.16 Å². The molecular weight excluding hydrogens is 276 g/mol. The molecule has 130 valence electrons. The normalized spacial score (nSPS) is 11.0. The Kier molecular flexibility index (Phi) is 17.2. The van der Waals surface area contributed by atoms with E-state index in [1.807, 2.05) is 0 Å². The van der Waals surface area contributed by atoms with Crippen LogP contribution in [0.5, 0.6) is 0 Å². The van der Waals surface area contributed by atoms with Gasteiger partial charge in [0.05, 0.1) is 13.2 Å². The predicted octanol–water partition coefficient (Wildman–Crippen LogP) is 6.42. The fraction of sp³-hybridized carbons (Fsp3) is 0.842. The first-order chi connectivity index (χ1) is 10.8. The highest BCUT2D eigenvalue weighted by atomic mass is 16.7. The Morgan fingerprint density at radius 3 is 1.82 bits per heavy atom. The Morgan fingerprint density at radius 1 is 0.682 bits per heavy atom. The van der Waals surface area contributed by atoms with E-state index in [4.69, 9.17) is 9.47 Å². The smallest absolute Gasteiger partial charge is 0.434 e. The molecular formula is C19H36O3. The zero-order valence-corrected chi connectivity index (χ0v) is 14.8. The second-order valence-electron chi connectivity index (χ2n) is 5.82. The van der Waals surface area contributed by atoms with Gasteiger partial charge in [0, 0.05) is 0 Å². The van der Waals surface area contributed by atoms with Gasteiger partial charge in [0.1, 0.15) is 0 Å². The zero-order chi connectivity index (χ0) is 16.3. The Balaban J connectivity index is 3.14. The van der Waals surface area contributed by atoms with Gasteiger partial charge in [0.2, 0.25) is 0 Å². The molecule has 0 aromatic carbocycles. The molecule has 0 aromatic heterocycles. The molecule has 0 rings (SSSR count). The number of carbonyl (C=O) groups is 1. The van der Waals surface area contributed by atoms with E-state index >= 15 is 0 Å². The molecule has 0 aliphatic carbocycles. The molecule has 0 aromatic rings. The molecule has 0 aliphatic heterocycles. The second-order valence-corrected chi connectivity index (χ2v) is 5.82. The van der Waals surface area contributed by atoms with Crippen LogP contribution in [0.3, 0.4) is 0 Å². The third kappa shape index (κ3) is 17.1. The first-order valence-corrected chi connectivity index (χ1v) is 9.25. The van der Waals surface area contributed by atoms with Gasteiger partial charge >= 0.3 is 6.16 Å². The lowest BCUT2D eigenvalue weighted by Gasteiger charge is -2.05. The third-order valence-electron chi connectivity index (χ3n) is 3.59. The molecule has 0 spiro atoms. The highest BCUT2D eigenvalue weighted by Gasteiger charge is 2.02. The molecule has 0 radical (unpaired) electrons. The first-order valence-electron chi connectivity index (χ1n) is 9.25. The summed E-state index contributed by atoms with van der Waals surface area (Å²) < 4.78 is 9.93. The summed E-state index contributed by atoms with van der Waals surface area (Å²) in [6.07, 6.45) is 18.3. The number of unbranched alkanes of at least 4 members (excludes halogenated alkanes) is 9. The lowest BCUT2D eigenvalue weighted by atomic mass is 10.1. The monoisotopic (exact) mass is 312 g/mol. The fourth-order valence-electron chi connectivity index (χ4n) is 2.13. The SMILES string of the molecule is CCCC/C=C\CCCCCCCCOC(=O)OCCCC. The summed E-state index contributed by atoms with van der Waals surface area (Å²) in [6.45, 7) is 5.26. The molecule has 0 aliphatic rings. The molecule has 0 atom stereocenters. The third-order valence-corrected chi connectivity index (χ3v) is 3.59. The van der Waals surface area contributed by atoms with Crippen molar-refractivity contribution in [1.82, 2.24) is 0 Å². The number of hydrogen-bond donors (Lipinski definition) is 0. The van der Waals surface area contributed by atoms with Crippen LogP contribution in [0.15, 0.2) is 12.2 Å². The molecule has 0 bridgehead atoms. The Morgan fingerprint density at radius 2 is 1.18 bits per heavy atom. The van der Waals surface area contributed by atoms with E-state index in [-0.39, 0.29) is 0 Å². The van der Waals surface area contributed by atoms with Crippen LogP contribution >= 0.6 is 0 Å². The van der Waals surface area contributed by atoms with Crippen molar-refractivity contribution in [3.63, 3.8) is 0 Å². The number of carbonyl (C=O) groups excluding carboxylic acids is 1. The largest absolute Gasteiger partial charge is 0.508 e. The van der Waals surface area contributed by atoms with Gasteiger partial charge in [-0.2, -0.15) is 0 Å². The first kappa shape index (κ1) is 21.0. The fourth-order valence-corrected chi connectivity index (χ4v) is 2.13. The maximum absolute atomic E-state index is 11.2. The molecule has 0 fully saturated rings. The van der Waals surface area contributed by atoms with Crippen LogP contribution in [0.25, 0.3) is 0 Å². The van der Waals surface area contributed by atoms with E-state index in [1.54, 1.807) is 0 Å². The van der Waals surface area contributed by atoms with Crippen LogP contribution in [0.4, 0.5) is 4.79 Å². The molecule has 22 heavy (non-hydrogen) atoms. The van der Waals surface area contributed by atoms with Gasteiger partial charge in [-0.1, -0.05) is 70.9 Å². The van der Waals surface area contributed by atoms with E-state index in [9.17, 15) is 4.79 Å². The molecule has 0 saturated carbocycles. The van der Waals surface area contributed by atoms with Gasteiger partial charge in [0.25, 0.3) is 0 Å². The van der Waals surface area contributed by atoms with Crippen LogP contribution < -0.4 is 0 Å². The summed E-state index contributed by atoms with van der Waals surface area (Å²) in [5, 5.41) is 0. The zero-order valence-electron chi connectivity index (χ0n) is 14.8. The molecule has 0 heterocycles. The Labute approximate surface area is 137 Å². The van der Waals surface area contributed by atoms with Crippen LogP contribution in [0.1, 0.15) is 90.9 Å². The van der Waals surface area contributed by atoms with Crippen molar-refractivity contribution >= 4 is 6.16 Å². The van der Waals surface area contributed by atoms with Crippen molar-refractivity contribution in [2.24, 2.45) is 0 Å². The minimum absolute atomic E-state index is 0.474. The maximum atomic E-state index is 11.2. The number of ether oxygens (including phenoxy) is 2. The molecule has 3 nitrogen and oxygen atoms in total. The lowest BCUT2D eigenvalue weighted by molar-refractivity contribution is 0.0532. The van der Waals surface area contributed by atoms with Gasteiger partial charge in [0.15, 0.2) is 0 Å². The number of rotatable bonds is 15. The molecule has 0 amide bonds. The van der Waals surface area contributed by atoms with Crippen molar-refractivity contribution in [2.75, 3.05) is 13.2 Å². The summed E-state index contributed by atoms with van der Waals surface area (Å²) in [6, 6.07) is 0. The molecule has 3 heteroatoms. The van der Waals surface area contributed by atoms with Crippen molar-refractivity contribution < 1.29 is 14.3 Å². The number of hydrogen-bond acceptors (Lipinski definition) is 3. The van der Waals surface area contributed by atoms with Crippen molar-refractivity contribution in [1.29, 1.82) is 0 Å². The average Bonchev–Trinajstić information content (AvgIpc) is 2.52. The van der Waals surface area contributed by atoms with Crippen LogP contribution in [-0.4, -0.2) is 19.4 Å². The van der Waals surface area contributed by atoms with E-state index in [0.717, 1.165) is 25.7 Å². The van der Waals surface area contributed by atoms with Gasteiger partial charge in [-0.15, -0.1) is 0 Å². The number of allylic oxidation sites excluding steroid dienone is 2. The summed E-state index contributed by atoms with van der Waals surface area (Å²) in [4.78, 5) is 11.2. The summed E-state index contributed by atoms with van der Waals surface area (Å²) in [7, 11) is 0. The summed E-state index contributed by atoms with van der Waals surface area (Å²) in [5.74, 6) is 0.